The van der Waals surface area contributed by atoms with Crippen LogP contribution in [0.2, 0.25) is 0 Å². The zero-order valence-corrected chi connectivity index (χ0v) is 12.3. The highest BCUT2D eigenvalue weighted by Gasteiger charge is 2.32. The molecule has 0 saturated heterocycles. The quantitative estimate of drug-likeness (QED) is 0.847. The van der Waals surface area contributed by atoms with Crippen LogP contribution in [0.3, 0.4) is 0 Å². The summed E-state index contributed by atoms with van der Waals surface area (Å²) in [6.45, 7) is 5.22. The van der Waals surface area contributed by atoms with Gasteiger partial charge >= 0.3 is 6.18 Å². The summed E-state index contributed by atoms with van der Waals surface area (Å²) in [5.41, 5.74) is -0.370. The molecule has 0 aliphatic heterocycles. The van der Waals surface area contributed by atoms with E-state index in [1.54, 1.807) is 13.8 Å². The monoisotopic (exact) mass is 306 g/mol. The number of hydrogen-bond donors (Lipinski definition) is 2. The van der Waals surface area contributed by atoms with Gasteiger partial charge < -0.3 is 14.9 Å². The van der Waals surface area contributed by atoms with Crippen LogP contribution in [-0.4, -0.2) is 29.0 Å². The van der Waals surface area contributed by atoms with Crippen LogP contribution in [0.4, 0.5) is 13.2 Å². The zero-order chi connectivity index (χ0) is 16.2. The van der Waals surface area contributed by atoms with Gasteiger partial charge in [0.25, 0.3) is 0 Å². The van der Waals surface area contributed by atoms with E-state index in [9.17, 15) is 23.4 Å². The second-order valence-electron chi connectivity index (χ2n) is 5.13. The van der Waals surface area contributed by atoms with Crippen molar-refractivity contribution in [3.63, 3.8) is 0 Å². The van der Waals surface area contributed by atoms with Gasteiger partial charge in [-0.25, -0.2) is 0 Å². The maximum Gasteiger partial charge on any atom is 0.416 e. The number of benzene rings is 1. The molecule has 0 bridgehead atoms. The highest BCUT2D eigenvalue weighted by molar-refractivity contribution is 5.40. The molecule has 21 heavy (non-hydrogen) atoms. The highest BCUT2D eigenvalue weighted by atomic mass is 19.4. The van der Waals surface area contributed by atoms with Gasteiger partial charge in [-0.3, -0.25) is 0 Å². The van der Waals surface area contributed by atoms with Gasteiger partial charge in [-0.05, 0) is 49.9 Å². The molecule has 0 spiro atoms. The maximum atomic E-state index is 12.8. The van der Waals surface area contributed by atoms with Crippen LogP contribution in [0.5, 0.6) is 5.75 Å². The molecule has 3 unspecified atom stereocenters. The first-order valence-corrected chi connectivity index (χ1v) is 6.86. The van der Waals surface area contributed by atoms with Crippen LogP contribution < -0.4 is 4.74 Å². The van der Waals surface area contributed by atoms with Gasteiger partial charge in [-0.15, -0.1) is 0 Å². The molecule has 0 saturated carbocycles. The Labute approximate surface area is 122 Å². The summed E-state index contributed by atoms with van der Waals surface area (Å²) in [5, 5.41) is 19.0. The van der Waals surface area contributed by atoms with Crippen molar-refractivity contribution in [3.05, 3.63) is 29.3 Å². The lowest BCUT2D eigenvalue weighted by Crippen LogP contribution is -2.24. The third-order valence-corrected chi connectivity index (χ3v) is 3.32. The van der Waals surface area contributed by atoms with E-state index >= 15 is 0 Å². The van der Waals surface area contributed by atoms with E-state index in [2.05, 4.69) is 0 Å². The molecule has 0 heterocycles. The molecular weight excluding hydrogens is 285 g/mol. The third-order valence-electron chi connectivity index (χ3n) is 3.32. The number of alkyl halides is 3. The van der Waals surface area contributed by atoms with Crippen LogP contribution in [0.25, 0.3) is 0 Å². The van der Waals surface area contributed by atoms with E-state index in [1.807, 2.05) is 0 Å². The van der Waals surface area contributed by atoms with Crippen molar-refractivity contribution in [1.82, 2.24) is 0 Å². The van der Waals surface area contributed by atoms with Crippen molar-refractivity contribution >= 4 is 0 Å². The molecule has 0 aromatic heterocycles. The van der Waals surface area contributed by atoms with Gasteiger partial charge in [0, 0.05) is 0 Å². The molecular formula is C15H21F3O3. The van der Waals surface area contributed by atoms with E-state index in [1.165, 1.54) is 13.0 Å². The summed E-state index contributed by atoms with van der Waals surface area (Å²) in [4.78, 5) is 0. The van der Waals surface area contributed by atoms with Crippen molar-refractivity contribution in [3.8, 4) is 5.75 Å². The van der Waals surface area contributed by atoms with Crippen LogP contribution in [0.1, 0.15) is 44.2 Å². The van der Waals surface area contributed by atoms with Gasteiger partial charge in [0.2, 0.25) is 0 Å². The minimum atomic E-state index is -4.43. The minimum Gasteiger partial charge on any atom is -0.494 e. The average molecular weight is 306 g/mol. The smallest absolute Gasteiger partial charge is 0.416 e. The van der Waals surface area contributed by atoms with E-state index in [0.717, 1.165) is 12.1 Å². The minimum absolute atomic E-state index is 0.152. The van der Waals surface area contributed by atoms with E-state index < -0.39 is 23.9 Å². The fraction of sp³-hybridized carbons (Fsp3) is 0.600. The SMILES string of the molecule is CCOc1ccc(C(F)(F)F)cc1C(C)CC(O)C(C)O. The second-order valence-corrected chi connectivity index (χ2v) is 5.13. The first-order chi connectivity index (χ1) is 9.66. The summed E-state index contributed by atoms with van der Waals surface area (Å²) < 4.78 is 43.8. The summed E-state index contributed by atoms with van der Waals surface area (Å²) in [6.07, 6.45) is -6.21. The Morgan fingerprint density at radius 3 is 2.29 bits per heavy atom. The molecule has 0 radical (unpaired) electrons. The van der Waals surface area contributed by atoms with Crippen LogP contribution in [0, 0.1) is 0 Å². The van der Waals surface area contributed by atoms with E-state index in [-0.39, 0.29) is 12.3 Å². The molecule has 3 nitrogen and oxygen atoms in total. The molecule has 1 aromatic carbocycles. The number of aliphatic hydroxyl groups is 2. The fourth-order valence-electron chi connectivity index (χ4n) is 2.08. The Kier molecular flexibility index (Phi) is 6.04. The molecule has 0 aliphatic rings. The van der Waals surface area contributed by atoms with Crippen LogP contribution >= 0.6 is 0 Å². The Morgan fingerprint density at radius 1 is 1.19 bits per heavy atom. The van der Waals surface area contributed by atoms with E-state index in [0.29, 0.717) is 17.9 Å². The highest BCUT2D eigenvalue weighted by Crippen LogP contribution is 2.36. The standard InChI is InChI=1S/C15H21F3O3/c1-4-21-14-6-5-11(15(16,17)18)8-12(14)9(2)7-13(20)10(3)19/h5-6,8-10,13,19-20H,4,7H2,1-3H3. The van der Waals surface area contributed by atoms with Crippen molar-refractivity contribution in [2.24, 2.45) is 0 Å². The molecule has 3 atom stereocenters. The molecule has 0 aliphatic carbocycles. The largest absolute Gasteiger partial charge is 0.494 e. The number of hydrogen-bond acceptors (Lipinski definition) is 3. The Balaban J connectivity index is 3.10. The predicted molar refractivity (Wildman–Crippen MR) is 73.3 cm³/mol. The van der Waals surface area contributed by atoms with Crippen molar-refractivity contribution in [2.45, 2.75) is 51.5 Å². The van der Waals surface area contributed by atoms with Crippen LogP contribution in [0.15, 0.2) is 18.2 Å². The second kappa shape index (κ2) is 7.13. The number of aliphatic hydroxyl groups excluding tert-OH is 2. The third kappa shape index (κ3) is 4.89. The summed E-state index contributed by atoms with van der Waals surface area (Å²) in [5.74, 6) is -0.00533. The molecule has 6 heteroatoms. The number of ether oxygens (including phenoxy) is 1. The van der Waals surface area contributed by atoms with Crippen molar-refractivity contribution in [1.29, 1.82) is 0 Å². The summed E-state index contributed by atoms with van der Waals surface area (Å²) >= 11 is 0. The van der Waals surface area contributed by atoms with Gasteiger partial charge in [0.1, 0.15) is 5.75 Å². The van der Waals surface area contributed by atoms with Gasteiger partial charge in [0.15, 0.2) is 0 Å². The maximum absolute atomic E-state index is 12.8. The topological polar surface area (TPSA) is 49.7 Å². The Hall–Kier alpha value is -1.27. The lowest BCUT2D eigenvalue weighted by Gasteiger charge is -2.22. The van der Waals surface area contributed by atoms with Crippen molar-refractivity contribution in [2.75, 3.05) is 6.61 Å². The Bertz CT molecular complexity index is 458. The first-order valence-electron chi connectivity index (χ1n) is 6.86. The fourth-order valence-corrected chi connectivity index (χ4v) is 2.08. The number of halogens is 3. The van der Waals surface area contributed by atoms with Crippen molar-refractivity contribution < 1.29 is 28.1 Å². The molecule has 1 rings (SSSR count). The summed E-state index contributed by atoms with van der Waals surface area (Å²) in [6, 6.07) is 3.32. The lowest BCUT2D eigenvalue weighted by molar-refractivity contribution is -0.137. The summed E-state index contributed by atoms with van der Waals surface area (Å²) in [7, 11) is 0. The van der Waals surface area contributed by atoms with Gasteiger partial charge in [-0.2, -0.15) is 13.2 Å². The Morgan fingerprint density at radius 2 is 1.81 bits per heavy atom. The molecule has 0 fully saturated rings. The van der Waals surface area contributed by atoms with Crippen LogP contribution in [-0.2, 0) is 6.18 Å². The average Bonchev–Trinajstić information content (AvgIpc) is 2.37. The molecule has 2 N–H and O–H groups in total. The molecule has 120 valence electrons. The molecule has 1 aromatic rings. The zero-order valence-electron chi connectivity index (χ0n) is 12.3. The van der Waals surface area contributed by atoms with Gasteiger partial charge in [-0.1, -0.05) is 6.92 Å². The van der Waals surface area contributed by atoms with Gasteiger partial charge in [0.05, 0.1) is 24.4 Å². The van der Waals surface area contributed by atoms with E-state index in [4.69, 9.17) is 4.74 Å². The normalized spacial score (nSPS) is 16.4. The molecule has 0 amide bonds. The first kappa shape index (κ1) is 17.8. The number of rotatable bonds is 6. The lowest BCUT2D eigenvalue weighted by atomic mass is 9.91. The predicted octanol–water partition coefficient (Wildman–Crippen LogP) is 3.34.